The molecule has 29 heavy (non-hydrogen) atoms. The van der Waals surface area contributed by atoms with E-state index in [0.29, 0.717) is 36.1 Å². The molecule has 0 fully saturated rings. The predicted octanol–water partition coefficient (Wildman–Crippen LogP) is 2.92. The number of nitrogens with zero attached hydrogens (tertiary/aromatic N) is 5. The Morgan fingerprint density at radius 2 is 1.90 bits per heavy atom. The number of anilines is 1. The average Bonchev–Trinajstić information content (AvgIpc) is 3.41. The summed E-state index contributed by atoms with van der Waals surface area (Å²) in [6.45, 7) is 0.937. The van der Waals surface area contributed by atoms with Crippen molar-refractivity contribution in [3.8, 4) is 22.9 Å². The molecule has 5 rings (SSSR count). The van der Waals surface area contributed by atoms with E-state index >= 15 is 0 Å². The van der Waals surface area contributed by atoms with E-state index in [-0.39, 0.29) is 0 Å². The van der Waals surface area contributed by atoms with E-state index in [1.54, 1.807) is 30.1 Å². The molecule has 148 valence electrons. The van der Waals surface area contributed by atoms with Crippen molar-refractivity contribution in [2.24, 2.45) is 0 Å². The van der Waals surface area contributed by atoms with Crippen LogP contribution in [-0.2, 0) is 6.54 Å². The maximum atomic E-state index is 10.9. The number of rotatable bonds is 4. The summed E-state index contributed by atoms with van der Waals surface area (Å²) in [4.78, 5) is 2.02. The maximum Gasteiger partial charge on any atom is 0.186 e. The molecule has 1 aromatic carbocycles. The van der Waals surface area contributed by atoms with Gasteiger partial charge in [0.2, 0.25) is 0 Å². The van der Waals surface area contributed by atoms with Crippen LogP contribution in [0.4, 0.5) is 5.82 Å². The van der Waals surface area contributed by atoms with Gasteiger partial charge in [0.25, 0.3) is 0 Å². The lowest BCUT2D eigenvalue weighted by molar-refractivity contribution is 0.169. The number of fused-ring (bicyclic) bond motifs is 2. The van der Waals surface area contributed by atoms with Gasteiger partial charge in [0.1, 0.15) is 23.4 Å². The molecule has 4 aromatic rings. The molecular weight excluding hydrogens is 390 g/mol. The van der Waals surface area contributed by atoms with Gasteiger partial charge in [-0.05, 0) is 35.7 Å². The van der Waals surface area contributed by atoms with Crippen molar-refractivity contribution in [1.82, 2.24) is 19.8 Å². The number of methoxy groups -OCH3 is 2. The number of thiophene rings is 1. The normalized spacial score (nSPS) is 16.1. The third-order valence-corrected chi connectivity index (χ3v) is 5.82. The van der Waals surface area contributed by atoms with Gasteiger partial charge in [-0.1, -0.05) is 0 Å². The van der Waals surface area contributed by atoms with Gasteiger partial charge < -0.3 is 19.5 Å². The standard InChI is InChI=1S/C20H19N5O3S/c1-27-15-3-4-16(28-2)19-13(15)9-24(10-14(19)26)18-6-5-17-21-22-20(25(17)23-18)12-7-8-29-11-12/h3-8,11,14,26H,9-10H2,1-2H3. The first kappa shape index (κ1) is 17.9. The fraction of sp³-hybridized carbons (Fsp3) is 0.250. The summed E-state index contributed by atoms with van der Waals surface area (Å²) in [5.74, 6) is 2.80. The van der Waals surface area contributed by atoms with Crippen LogP contribution in [0.5, 0.6) is 11.5 Å². The molecule has 0 amide bonds. The second-order valence-corrected chi connectivity index (χ2v) is 7.54. The highest BCUT2D eigenvalue weighted by Crippen LogP contribution is 2.40. The Kier molecular flexibility index (Phi) is 4.33. The van der Waals surface area contributed by atoms with Crippen molar-refractivity contribution >= 4 is 22.8 Å². The van der Waals surface area contributed by atoms with Crippen LogP contribution in [-0.4, -0.2) is 45.7 Å². The van der Waals surface area contributed by atoms with Gasteiger partial charge in [-0.25, -0.2) is 0 Å². The summed E-state index contributed by atoms with van der Waals surface area (Å²) in [6.07, 6.45) is -0.724. The first-order valence-corrected chi connectivity index (χ1v) is 10.1. The van der Waals surface area contributed by atoms with Crippen molar-refractivity contribution in [1.29, 1.82) is 0 Å². The van der Waals surface area contributed by atoms with Crippen LogP contribution in [0, 0.1) is 0 Å². The molecule has 8 nitrogen and oxygen atoms in total. The maximum absolute atomic E-state index is 10.9. The molecule has 0 bridgehead atoms. The molecule has 4 heterocycles. The Morgan fingerprint density at radius 3 is 2.66 bits per heavy atom. The molecule has 1 aliphatic heterocycles. The Balaban J connectivity index is 1.57. The number of aliphatic hydroxyl groups excluding tert-OH is 1. The molecule has 0 radical (unpaired) electrons. The van der Waals surface area contributed by atoms with Crippen molar-refractivity contribution in [3.63, 3.8) is 0 Å². The van der Waals surface area contributed by atoms with E-state index in [2.05, 4.69) is 10.2 Å². The lowest BCUT2D eigenvalue weighted by atomic mass is 9.95. The summed E-state index contributed by atoms with van der Waals surface area (Å²) in [5.41, 5.74) is 3.32. The second kappa shape index (κ2) is 7.02. The molecule has 1 unspecified atom stereocenters. The fourth-order valence-corrected chi connectivity index (χ4v) is 4.40. The lowest BCUT2D eigenvalue weighted by Crippen LogP contribution is -2.35. The Bertz CT molecular complexity index is 1170. The first-order chi connectivity index (χ1) is 14.2. The Hall–Kier alpha value is -3.17. The summed E-state index contributed by atoms with van der Waals surface area (Å²) in [5, 5.41) is 28.1. The zero-order chi connectivity index (χ0) is 20.0. The molecule has 1 N–H and O–H groups in total. The SMILES string of the molecule is COc1ccc(OC)c2c1CN(c1ccc3nnc(-c4ccsc4)n3n1)CC2O. The molecule has 1 atom stereocenters. The number of aliphatic hydroxyl groups is 1. The van der Waals surface area contributed by atoms with Crippen LogP contribution in [0.15, 0.2) is 41.1 Å². The molecule has 0 aliphatic carbocycles. The predicted molar refractivity (Wildman–Crippen MR) is 110 cm³/mol. The lowest BCUT2D eigenvalue weighted by Gasteiger charge is -2.34. The molecule has 9 heteroatoms. The largest absolute Gasteiger partial charge is 0.496 e. The number of benzene rings is 1. The summed E-state index contributed by atoms with van der Waals surface area (Å²) in [6, 6.07) is 9.46. The van der Waals surface area contributed by atoms with Crippen LogP contribution in [0.1, 0.15) is 17.2 Å². The van der Waals surface area contributed by atoms with Gasteiger partial charge in [-0.2, -0.15) is 15.9 Å². The van der Waals surface area contributed by atoms with E-state index in [1.165, 1.54) is 0 Å². The Morgan fingerprint density at radius 1 is 1.07 bits per heavy atom. The molecule has 0 saturated carbocycles. The molecule has 0 spiro atoms. The second-order valence-electron chi connectivity index (χ2n) is 6.76. The van der Waals surface area contributed by atoms with Crippen LogP contribution >= 0.6 is 11.3 Å². The highest BCUT2D eigenvalue weighted by Gasteiger charge is 2.30. The van der Waals surface area contributed by atoms with Gasteiger partial charge in [-0.3, -0.25) is 0 Å². The first-order valence-electron chi connectivity index (χ1n) is 9.11. The Labute approximate surface area is 171 Å². The summed E-state index contributed by atoms with van der Waals surface area (Å²) >= 11 is 1.60. The van der Waals surface area contributed by atoms with Crippen LogP contribution in [0.25, 0.3) is 17.0 Å². The minimum atomic E-state index is -0.724. The number of ether oxygens (including phenoxy) is 2. The van der Waals surface area contributed by atoms with E-state index in [1.807, 2.05) is 46.0 Å². The van der Waals surface area contributed by atoms with Gasteiger partial charge in [-0.15, -0.1) is 15.3 Å². The average molecular weight is 409 g/mol. The number of β-amino-alcohol motifs (C(OH)–C–C–N with tert-alkyl or cyclic N) is 1. The highest BCUT2D eigenvalue weighted by molar-refractivity contribution is 7.08. The third kappa shape index (κ3) is 2.90. The summed E-state index contributed by atoms with van der Waals surface area (Å²) in [7, 11) is 3.23. The van der Waals surface area contributed by atoms with Gasteiger partial charge >= 0.3 is 0 Å². The van der Waals surface area contributed by atoms with E-state index in [4.69, 9.17) is 14.6 Å². The zero-order valence-electron chi connectivity index (χ0n) is 15.9. The smallest absolute Gasteiger partial charge is 0.186 e. The summed E-state index contributed by atoms with van der Waals surface area (Å²) < 4.78 is 12.7. The van der Waals surface area contributed by atoms with Gasteiger partial charge in [0.05, 0.1) is 20.8 Å². The molecule has 1 aliphatic rings. The van der Waals surface area contributed by atoms with Gasteiger partial charge in [0.15, 0.2) is 11.5 Å². The van der Waals surface area contributed by atoms with Crippen molar-refractivity contribution in [2.75, 3.05) is 25.7 Å². The van der Waals surface area contributed by atoms with Crippen LogP contribution < -0.4 is 14.4 Å². The quantitative estimate of drug-likeness (QED) is 0.555. The number of hydrogen-bond acceptors (Lipinski definition) is 8. The van der Waals surface area contributed by atoms with E-state index < -0.39 is 6.10 Å². The topological polar surface area (TPSA) is 85.0 Å². The molecule has 0 saturated heterocycles. The minimum Gasteiger partial charge on any atom is -0.496 e. The van der Waals surface area contributed by atoms with Gasteiger partial charge in [0, 0.05) is 28.6 Å². The van der Waals surface area contributed by atoms with E-state index in [0.717, 1.165) is 22.5 Å². The van der Waals surface area contributed by atoms with Crippen LogP contribution in [0.3, 0.4) is 0 Å². The monoisotopic (exact) mass is 409 g/mol. The third-order valence-electron chi connectivity index (χ3n) is 5.14. The molecule has 3 aromatic heterocycles. The van der Waals surface area contributed by atoms with Crippen molar-refractivity contribution < 1.29 is 14.6 Å². The number of aromatic nitrogens is 4. The zero-order valence-corrected chi connectivity index (χ0v) is 16.8. The van der Waals surface area contributed by atoms with Crippen molar-refractivity contribution in [2.45, 2.75) is 12.6 Å². The van der Waals surface area contributed by atoms with E-state index in [9.17, 15) is 5.11 Å². The molecular formula is C20H19N5O3S. The van der Waals surface area contributed by atoms with Crippen LogP contribution in [0.2, 0.25) is 0 Å². The fourth-order valence-electron chi connectivity index (χ4n) is 3.77. The minimum absolute atomic E-state index is 0.394. The van der Waals surface area contributed by atoms with Crippen molar-refractivity contribution in [3.05, 3.63) is 52.2 Å². The highest BCUT2D eigenvalue weighted by atomic mass is 32.1. The number of hydrogen-bond donors (Lipinski definition) is 1.